The number of rotatable bonds is 2. The monoisotopic (exact) mass is 286 g/mol. The van der Waals surface area contributed by atoms with E-state index in [1.807, 2.05) is 54.6 Å². The van der Waals surface area contributed by atoms with Gasteiger partial charge in [0.25, 0.3) is 0 Å². The Morgan fingerprint density at radius 3 is 2.37 bits per heavy atom. The Kier molecular flexibility index (Phi) is 3.36. The summed E-state index contributed by atoms with van der Waals surface area (Å²) in [6.45, 7) is 0. The fourth-order valence-corrected chi connectivity index (χ4v) is 3.64. The van der Waals surface area contributed by atoms with Gasteiger partial charge in [-0.05, 0) is 17.7 Å². The van der Waals surface area contributed by atoms with E-state index < -0.39 is 0 Å². The second-order valence-electron chi connectivity index (χ2n) is 4.23. The summed E-state index contributed by atoms with van der Waals surface area (Å²) in [5.41, 5.74) is 1.78. The van der Waals surface area contributed by atoms with Crippen LogP contribution in [0, 0.1) is 0 Å². The molecule has 0 unspecified atom stereocenters. The van der Waals surface area contributed by atoms with Gasteiger partial charge in [-0.2, -0.15) is 0 Å². The van der Waals surface area contributed by atoms with Gasteiger partial charge in [-0.3, -0.25) is 4.79 Å². The van der Waals surface area contributed by atoms with Gasteiger partial charge in [0.2, 0.25) is 0 Å². The molecule has 0 fully saturated rings. The third-order valence-corrected chi connectivity index (χ3v) is 4.59. The first kappa shape index (κ1) is 12.4. The molecule has 3 heteroatoms. The highest BCUT2D eigenvalue weighted by Gasteiger charge is 2.12. The molecule has 94 valence electrons. The van der Waals surface area contributed by atoms with Crippen molar-refractivity contribution < 1.29 is 0 Å². The van der Waals surface area contributed by atoms with Crippen LogP contribution in [-0.4, -0.2) is 0 Å². The van der Waals surface area contributed by atoms with Crippen molar-refractivity contribution in [3.05, 3.63) is 70.4 Å². The van der Waals surface area contributed by atoms with Crippen LogP contribution in [0.3, 0.4) is 0 Å². The number of alkyl halides is 1. The number of hydrogen-bond acceptors (Lipinski definition) is 2. The van der Waals surface area contributed by atoms with E-state index in [1.54, 1.807) is 11.3 Å². The predicted octanol–water partition coefficient (Wildman–Crippen LogP) is 4.67. The minimum atomic E-state index is 0.0446. The quantitative estimate of drug-likeness (QED) is 0.626. The smallest absolute Gasteiger partial charge is 0.193 e. The SMILES string of the molecule is O=c1c(CCl)c(-c2ccccc2)sc2ccccc12. The summed E-state index contributed by atoms with van der Waals surface area (Å²) in [7, 11) is 0. The van der Waals surface area contributed by atoms with Gasteiger partial charge < -0.3 is 0 Å². The van der Waals surface area contributed by atoms with Gasteiger partial charge in [0.1, 0.15) is 0 Å². The molecule has 0 aliphatic heterocycles. The molecule has 1 heterocycles. The van der Waals surface area contributed by atoms with Crippen LogP contribution in [0.15, 0.2) is 59.4 Å². The highest BCUT2D eigenvalue weighted by Crippen LogP contribution is 2.31. The normalized spacial score (nSPS) is 10.8. The van der Waals surface area contributed by atoms with Crippen molar-refractivity contribution in [2.75, 3.05) is 0 Å². The van der Waals surface area contributed by atoms with Gasteiger partial charge in [0.15, 0.2) is 5.43 Å². The van der Waals surface area contributed by atoms with Gasteiger partial charge in [0.05, 0.1) is 5.88 Å². The predicted molar refractivity (Wildman–Crippen MR) is 83.1 cm³/mol. The largest absolute Gasteiger partial charge is 0.289 e. The van der Waals surface area contributed by atoms with E-state index in [0.29, 0.717) is 5.56 Å². The van der Waals surface area contributed by atoms with Gasteiger partial charge in [0, 0.05) is 20.5 Å². The molecule has 0 aliphatic carbocycles. The van der Waals surface area contributed by atoms with Gasteiger partial charge >= 0.3 is 0 Å². The molecule has 0 radical (unpaired) electrons. The molecule has 0 spiro atoms. The van der Waals surface area contributed by atoms with Crippen LogP contribution in [0.5, 0.6) is 0 Å². The topological polar surface area (TPSA) is 17.1 Å². The molecular weight excluding hydrogens is 276 g/mol. The van der Waals surface area contributed by atoms with E-state index in [0.717, 1.165) is 20.5 Å². The average molecular weight is 287 g/mol. The maximum atomic E-state index is 12.5. The zero-order chi connectivity index (χ0) is 13.2. The molecule has 1 nitrogen and oxygen atoms in total. The highest BCUT2D eigenvalue weighted by atomic mass is 35.5. The second kappa shape index (κ2) is 5.16. The number of halogens is 1. The molecule has 0 atom stereocenters. The van der Waals surface area contributed by atoms with Gasteiger partial charge in [-0.15, -0.1) is 22.9 Å². The van der Waals surface area contributed by atoms with E-state index in [-0.39, 0.29) is 11.3 Å². The third kappa shape index (κ3) is 2.18. The minimum Gasteiger partial charge on any atom is -0.289 e. The Hall–Kier alpha value is -1.64. The first-order valence-corrected chi connectivity index (χ1v) is 7.32. The van der Waals surface area contributed by atoms with Crippen LogP contribution >= 0.6 is 22.9 Å². The van der Waals surface area contributed by atoms with Crippen LogP contribution < -0.4 is 5.43 Å². The van der Waals surface area contributed by atoms with Gasteiger partial charge in [-0.25, -0.2) is 0 Å². The fraction of sp³-hybridized carbons (Fsp3) is 0.0625. The van der Waals surface area contributed by atoms with Crippen molar-refractivity contribution in [3.8, 4) is 10.4 Å². The maximum absolute atomic E-state index is 12.5. The van der Waals surface area contributed by atoms with Crippen molar-refractivity contribution in [2.24, 2.45) is 0 Å². The molecular formula is C16H11ClOS. The van der Waals surface area contributed by atoms with E-state index >= 15 is 0 Å². The fourth-order valence-electron chi connectivity index (χ4n) is 2.12. The molecule has 0 bridgehead atoms. The summed E-state index contributed by atoms with van der Waals surface area (Å²) in [6.07, 6.45) is 0. The summed E-state index contributed by atoms with van der Waals surface area (Å²) in [4.78, 5) is 13.4. The lowest BCUT2D eigenvalue weighted by atomic mass is 10.1. The standard InChI is InChI=1S/C16H11ClOS/c17-10-13-15(18)12-8-4-5-9-14(12)19-16(13)11-6-2-1-3-7-11/h1-9H,10H2. The van der Waals surface area contributed by atoms with Crippen LogP contribution in [0.1, 0.15) is 5.56 Å². The summed E-state index contributed by atoms with van der Waals surface area (Å²) in [5, 5.41) is 0.753. The minimum absolute atomic E-state index is 0.0446. The van der Waals surface area contributed by atoms with Crippen LogP contribution in [0.4, 0.5) is 0 Å². The summed E-state index contributed by atoms with van der Waals surface area (Å²) >= 11 is 7.62. The first-order chi connectivity index (χ1) is 9.31. The van der Waals surface area contributed by atoms with Crippen molar-refractivity contribution in [1.29, 1.82) is 0 Å². The Balaban J connectivity index is 2.39. The Labute approximate surface area is 120 Å². The third-order valence-electron chi connectivity index (χ3n) is 3.06. The zero-order valence-electron chi connectivity index (χ0n) is 10.1. The van der Waals surface area contributed by atoms with E-state index in [1.165, 1.54) is 0 Å². The second-order valence-corrected chi connectivity index (χ2v) is 5.55. The molecule has 0 saturated heterocycles. The van der Waals surface area contributed by atoms with Crippen LogP contribution in [0.25, 0.3) is 20.5 Å². The van der Waals surface area contributed by atoms with E-state index in [9.17, 15) is 4.79 Å². The van der Waals surface area contributed by atoms with Gasteiger partial charge in [-0.1, -0.05) is 42.5 Å². The van der Waals surface area contributed by atoms with Crippen molar-refractivity contribution in [3.63, 3.8) is 0 Å². The maximum Gasteiger partial charge on any atom is 0.193 e. The Bertz CT molecular complexity index is 778. The highest BCUT2D eigenvalue weighted by molar-refractivity contribution is 7.21. The molecule has 0 amide bonds. The molecule has 19 heavy (non-hydrogen) atoms. The van der Waals surface area contributed by atoms with Crippen LogP contribution in [0.2, 0.25) is 0 Å². The lowest BCUT2D eigenvalue weighted by Crippen LogP contribution is -2.08. The number of benzene rings is 2. The molecule has 1 aromatic heterocycles. The Morgan fingerprint density at radius 2 is 1.63 bits per heavy atom. The lowest BCUT2D eigenvalue weighted by Gasteiger charge is -2.08. The average Bonchev–Trinajstić information content (AvgIpc) is 2.48. The van der Waals surface area contributed by atoms with Crippen molar-refractivity contribution >= 4 is 33.0 Å². The van der Waals surface area contributed by atoms with E-state index in [2.05, 4.69) is 0 Å². The number of fused-ring (bicyclic) bond motifs is 1. The summed E-state index contributed by atoms with van der Waals surface area (Å²) < 4.78 is 1.00. The van der Waals surface area contributed by atoms with Crippen molar-refractivity contribution in [1.82, 2.24) is 0 Å². The Morgan fingerprint density at radius 1 is 0.947 bits per heavy atom. The zero-order valence-corrected chi connectivity index (χ0v) is 11.7. The molecule has 3 aromatic rings. The summed E-state index contributed by atoms with van der Waals surface area (Å²) in [5.74, 6) is 0.240. The molecule has 0 N–H and O–H groups in total. The summed E-state index contributed by atoms with van der Waals surface area (Å²) in [6, 6.07) is 17.6. The van der Waals surface area contributed by atoms with E-state index in [4.69, 9.17) is 11.6 Å². The molecule has 2 aromatic carbocycles. The molecule has 3 rings (SSSR count). The first-order valence-electron chi connectivity index (χ1n) is 5.97. The number of hydrogen-bond donors (Lipinski definition) is 0. The van der Waals surface area contributed by atoms with Crippen molar-refractivity contribution in [2.45, 2.75) is 5.88 Å². The molecule has 0 saturated carbocycles. The van der Waals surface area contributed by atoms with Crippen LogP contribution in [-0.2, 0) is 5.88 Å². The molecule has 0 aliphatic rings. The lowest BCUT2D eigenvalue weighted by molar-refractivity contribution is 1.39.